The van der Waals surface area contributed by atoms with Gasteiger partial charge in [-0.3, -0.25) is 14.9 Å². The van der Waals surface area contributed by atoms with Gasteiger partial charge in [0.25, 0.3) is 5.56 Å². The monoisotopic (exact) mass is 506 g/mol. The summed E-state index contributed by atoms with van der Waals surface area (Å²) >= 11 is 9.57. The Labute approximate surface area is 191 Å². The van der Waals surface area contributed by atoms with E-state index in [-0.39, 0.29) is 34.5 Å². The minimum absolute atomic E-state index is 0.000926. The van der Waals surface area contributed by atoms with Crippen molar-refractivity contribution in [3.05, 3.63) is 71.7 Å². The highest BCUT2D eigenvalue weighted by atomic mass is 79.9. The van der Waals surface area contributed by atoms with E-state index in [1.165, 1.54) is 23.0 Å². The number of hydrogen-bond acceptors (Lipinski definition) is 6. The molecule has 2 aromatic carbocycles. The third kappa shape index (κ3) is 4.77. The summed E-state index contributed by atoms with van der Waals surface area (Å²) in [6, 6.07) is 8.09. The molecule has 0 amide bonds. The van der Waals surface area contributed by atoms with Gasteiger partial charge in [-0.1, -0.05) is 41.4 Å². The van der Waals surface area contributed by atoms with Gasteiger partial charge in [0, 0.05) is 22.0 Å². The summed E-state index contributed by atoms with van der Waals surface area (Å²) < 4.78 is 7.29. The fourth-order valence-corrected chi connectivity index (χ4v) is 3.64. The van der Waals surface area contributed by atoms with Crippen LogP contribution >= 0.6 is 27.5 Å². The molecular formula is C21H20BrClN4O4. The summed E-state index contributed by atoms with van der Waals surface area (Å²) in [6.07, 6.45) is 2.11. The number of rotatable bonds is 7. The first-order chi connectivity index (χ1) is 14.8. The maximum absolute atomic E-state index is 13.2. The fraction of sp³-hybridized carbons (Fsp3) is 0.286. The molecule has 0 fully saturated rings. The SMILES string of the molecule is CCOc1c(Cl)cc(C=Nn2c([C@@H](C)CC)nc3ccc(Br)cc3c2=O)cc1[N+](=O)[O-]. The zero-order valence-corrected chi connectivity index (χ0v) is 19.5. The van der Waals surface area contributed by atoms with Crippen molar-refractivity contribution in [1.82, 2.24) is 9.66 Å². The van der Waals surface area contributed by atoms with E-state index in [4.69, 9.17) is 16.3 Å². The van der Waals surface area contributed by atoms with E-state index in [9.17, 15) is 14.9 Å². The number of fused-ring (bicyclic) bond motifs is 1. The molecule has 0 radical (unpaired) electrons. The second-order valence-corrected chi connectivity index (χ2v) is 8.17. The van der Waals surface area contributed by atoms with Crippen molar-refractivity contribution in [3.8, 4) is 5.75 Å². The van der Waals surface area contributed by atoms with Gasteiger partial charge in [0.1, 0.15) is 5.82 Å². The van der Waals surface area contributed by atoms with E-state index in [1.807, 2.05) is 19.9 Å². The summed E-state index contributed by atoms with van der Waals surface area (Å²) in [4.78, 5) is 28.7. The third-order valence-electron chi connectivity index (χ3n) is 4.74. The van der Waals surface area contributed by atoms with Crippen LogP contribution in [0.2, 0.25) is 5.02 Å². The number of halogens is 2. The molecule has 8 nitrogen and oxygen atoms in total. The average molecular weight is 508 g/mol. The van der Waals surface area contributed by atoms with Gasteiger partial charge in [0.05, 0.1) is 33.7 Å². The van der Waals surface area contributed by atoms with Crippen molar-refractivity contribution in [1.29, 1.82) is 0 Å². The van der Waals surface area contributed by atoms with Crippen LogP contribution in [0.3, 0.4) is 0 Å². The number of nitro benzene ring substituents is 1. The molecule has 0 saturated carbocycles. The highest BCUT2D eigenvalue weighted by molar-refractivity contribution is 9.10. The Hall–Kier alpha value is -2.78. The number of benzene rings is 2. The summed E-state index contributed by atoms with van der Waals surface area (Å²) in [5.74, 6) is 0.474. The van der Waals surface area contributed by atoms with Crippen molar-refractivity contribution in [2.75, 3.05) is 6.61 Å². The van der Waals surface area contributed by atoms with Gasteiger partial charge in [-0.2, -0.15) is 9.78 Å². The Kier molecular flexibility index (Phi) is 7.07. The van der Waals surface area contributed by atoms with Gasteiger partial charge < -0.3 is 4.74 Å². The van der Waals surface area contributed by atoms with E-state index >= 15 is 0 Å². The van der Waals surface area contributed by atoms with Crippen LogP contribution in [0.25, 0.3) is 10.9 Å². The van der Waals surface area contributed by atoms with Gasteiger partial charge in [0.2, 0.25) is 5.75 Å². The number of hydrogen-bond donors (Lipinski definition) is 0. The van der Waals surface area contributed by atoms with Crippen molar-refractivity contribution in [3.63, 3.8) is 0 Å². The molecular weight excluding hydrogens is 488 g/mol. The van der Waals surface area contributed by atoms with E-state index in [0.29, 0.717) is 22.3 Å². The molecule has 31 heavy (non-hydrogen) atoms. The van der Waals surface area contributed by atoms with Crippen LogP contribution in [0.4, 0.5) is 5.69 Å². The number of nitro groups is 1. The van der Waals surface area contributed by atoms with E-state index in [1.54, 1.807) is 19.1 Å². The maximum atomic E-state index is 13.2. The molecule has 3 rings (SSSR count). The van der Waals surface area contributed by atoms with Gasteiger partial charge in [-0.25, -0.2) is 4.98 Å². The van der Waals surface area contributed by atoms with Crippen LogP contribution in [0.5, 0.6) is 5.75 Å². The highest BCUT2D eigenvalue weighted by Crippen LogP contribution is 2.35. The first kappa shape index (κ1) is 22.9. The molecule has 1 aromatic heterocycles. The van der Waals surface area contributed by atoms with Crippen molar-refractivity contribution in [2.45, 2.75) is 33.1 Å². The maximum Gasteiger partial charge on any atom is 0.313 e. The van der Waals surface area contributed by atoms with Gasteiger partial charge in [-0.15, -0.1) is 0 Å². The molecule has 0 aliphatic carbocycles. The number of nitrogens with zero attached hydrogens (tertiary/aromatic N) is 4. The minimum atomic E-state index is -0.569. The van der Waals surface area contributed by atoms with E-state index in [2.05, 4.69) is 26.0 Å². The Bertz CT molecular complexity index is 1240. The lowest BCUT2D eigenvalue weighted by atomic mass is 10.1. The van der Waals surface area contributed by atoms with Crippen LogP contribution in [0.15, 0.2) is 44.7 Å². The lowest BCUT2D eigenvalue weighted by Gasteiger charge is -2.14. The highest BCUT2D eigenvalue weighted by Gasteiger charge is 2.20. The topological polar surface area (TPSA) is 99.6 Å². The Morgan fingerprint density at radius 1 is 1.35 bits per heavy atom. The standard InChI is InChI=1S/C21H20BrClN4O4/c1-4-12(3)20-25-17-7-6-14(22)10-15(17)21(28)26(20)24-11-13-8-16(23)19(31-5-2)18(9-13)27(29)30/h6-12H,4-5H2,1-3H3/t12-/m0/s1. The Morgan fingerprint density at radius 2 is 2.10 bits per heavy atom. The smallest absolute Gasteiger partial charge is 0.313 e. The second kappa shape index (κ2) is 9.57. The third-order valence-corrected chi connectivity index (χ3v) is 5.51. The van der Waals surface area contributed by atoms with Crippen LogP contribution in [-0.4, -0.2) is 27.4 Å². The molecule has 3 aromatic rings. The van der Waals surface area contributed by atoms with E-state index < -0.39 is 4.92 Å². The molecule has 0 bridgehead atoms. The lowest BCUT2D eigenvalue weighted by Crippen LogP contribution is -2.23. The minimum Gasteiger partial charge on any atom is -0.486 e. The number of ether oxygens (including phenoxy) is 1. The molecule has 0 aliphatic rings. The van der Waals surface area contributed by atoms with E-state index in [0.717, 1.165) is 10.9 Å². The summed E-state index contributed by atoms with van der Waals surface area (Å²) in [7, 11) is 0. The average Bonchev–Trinajstić information content (AvgIpc) is 2.74. The van der Waals surface area contributed by atoms with Crippen LogP contribution in [0, 0.1) is 10.1 Å². The largest absolute Gasteiger partial charge is 0.486 e. The molecule has 0 spiro atoms. The predicted octanol–water partition coefficient (Wildman–Crippen LogP) is 5.52. The molecule has 10 heteroatoms. The van der Waals surface area contributed by atoms with Gasteiger partial charge in [-0.05, 0) is 37.6 Å². The fourth-order valence-electron chi connectivity index (χ4n) is 3.00. The first-order valence-electron chi connectivity index (χ1n) is 9.64. The van der Waals surface area contributed by atoms with Crippen LogP contribution in [-0.2, 0) is 0 Å². The molecule has 0 unspecified atom stereocenters. The molecule has 0 N–H and O–H groups in total. The van der Waals surface area contributed by atoms with Crippen LogP contribution in [0.1, 0.15) is 44.5 Å². The summed E-state index contributed by atoms with van der Waals surface area (Å²) in [6.45, 7) is 5.90. The quantitative estimate of drug-likeness (QED) is 0.238. The normalized spacial score (nSPS) is 12.4. The second-order valence-electron chi connectivity index (χ2n) is 6.84. The lowest BCUT2D eigenvalue weighted by molar-refractivity contribution is -0.385. The van der Waals surface area contributed by atoms with Crippen LogP contribution < -0.4 is 10.3 Å². The number of aromatic nitrogens is 2. The molecule has 1 heterocycles. The molecule has 162 valence electrons. The predicted molar refractivity (Wildman–Crippen MR) is 125 cm³/mol. The van der Waals surface area contributed by atoms with Gasteiger partial charge >= 0.3 is 5.69 Å². The first-order valence-corrected chi connectivity index (χ1v) is 10.8. The zero-order chi connectivity index (χ0) is 22.7. The summed E-state index contributed by atoms with van der Waals surface area (Å²) in [5, 5.41) is 16.3. The van der Waals surface area contributed by atoms with Crippen molar-refractivity contribution in [2.24, 2.45) is 5.10 Å². The molecule has 0 aliphatic heterocycles. The Morgan fingerprint density at radius 3 is 2.74 bits per heavy atom. The van der Waals surface area contributed by atoms with Gasteiger partial charge in [0.15, 0.2) is 0 Å². The zero-order valence-electron chi connectivity index (χ0n) is 17.1. The van der Waals surface area contributed by atoms with Crippen molar-refractivity contribution < 1.29 is 9.66 Å². The van der Waals surface area contributed by atoms with Crippen molar-refractivity contribution >= 4 is 50.3 Å². The summed E-state index contributed by atoms with van der Waals surface area (Å²) in [5.41, 5.74) is 0.335. The molecule has 1 atom stereocenters. The molecule has 0 saturated heterocycles. The Balaban J connectivity index is 2.17.